The number of rotatable bonds is 4. The van der Waals surface area contributed by atoms with Crippen LogP contribution in [0.1, 0.15) is 51.6 Å². The number of hydrogen-bond acceptors (Lipinski definition) is 3. The third-order valence-electron chi connectivity index (χ3n) is 3.87. The number of nitrogens with two attached hydrogens (primary N) is 1. The molecule has 2 heterocycles. The van der Waals surface area contributed by atoms with Gasteiger partial charge in [-0.2, -0.15) is 5.10 Å². The highest BCUT2D eigenvalue weighted by atomic mass is 16.2. The zero-order valence-corrected chi connectivity index (χ0v) is 12.7. The Bertz CT molecular complexity index is 454. The lowest BCUT2D eigenvalue weighted by Crippen LogP contribution is -2.43. The first-order valence-electron chi connectivity index (χ1n) is 7.60. The number of carbonyl (C=O) groups excluding carboxylic acids is 1. The number of aryl methyl sites for hydroxylation is 1. The normalized spacial score (nSPS) is 24.2. The van der Waals surface area contributed by atoms with Crippen LogP contribution in [0.15, 0.2) is 12.4 Å². The van der Waals surface area contributed by atoms with Crippen molar-refractivity contribution < 1.29 is 4.79 Å². The van der Waals surface area contributed by atoms with Gasteiger partial charge < -0.3 is 10.6 Å². The minimum Gasteiger partial charge on any atom is -0.334 e. The molecule has 1 aliphatic heterocycles. The van der Waals surface area contributed by atoms with Gasteiger partial charge in [-0.15, -0.1) is 0 Å². The molecule has 1 fully saturated rings. The molecule has 0 bridgehead atoms. The summed E-state index contributed by atoms with van der Waals surface area (Å²) in [7, 11) is 0. The highest BCUT2D eigenvalue weighted by molar-refractivity contribution is 5.77. The first kappa shape index (κ1) is 15.0. The van der Waals surface area contributed by atoms with Crippen molar-refractivity contribution in [3.05, 3.63) is 18.0 Å². The van der Waals surface area contributed by atoms with Crippen molar-refractivity contribution in [2.45, 2.75) is 58.7 Å². The molecule has 1 saturated heterocycles. The van der Waals surface area contributed by atoms with Crippen molar-refractivity contribution in [3.63, 3.8) is 0 Å². The van der Waals surface area contributed by atoms with Crippen molar-refractivity contribution in [1.82, 2.24) is 14.7 Å². The van der Waals surface area contributed by atoms with E-state index in [1.807, 2.05) is 22.0 Å². The van der Waals surface area contributed by atoms with Gasteiger partial charge >= 0.3 is 0 Å². The second-order valence-corrected chi connectivity index (χ2v) is 6.07. The van der Waals surface area contributed by atoms with E-state index in [-0.39, 0.29) is 18.0 Å². The number of likely N-dealkylation sites (tertiary alicyclic amines) is 1. The molecule has 5 heteroatoms. The molecule has 112 valence electrons. The summed E-state index contributed by atoms with van der Waals surface area (Å²) in [5, 5.41) is 4.34. The molecular formula is C15H26N4O. The summed E-state index contributed by atoms with van der Waals surface area (Å²) in [6.45, 7) is 7.92. The molecule has 1 amide bonds. The quantitative estimate of drug-likeness (QED) is 0.915. The predicted octanol–water partition coefficient (Wildman–Crippen LogP) is 1.94. The molecule has 1 aliphatic rings. The Morgan fingerprint density at radius 3 is 2.85 bits per heavy atom. The van der Waals surface area contributed by atoms with Crippen molar-refractivity contribution in [2.24, 2.45) is 11.7 Å². The van der Waals surface area contributed by atoms with Gasteiger partial charge in [-0.1, -0.05) is 13.8 Å². The maximum absolute atomic E-state index is 12.4. The van der Waals surface area contributed by atoms with Gasteiger partial charge in [-0.05, 0) is 25.7 Å². The van der Waals surface area contributed by atoms with Crippen LogP contribution in [0.4, 0.5) is 0 Å². The lowest BCUT2D eigenvalue weighted by molar-refractivity contribution is -0.133. The fourth-order valence-corrected chi connectivity index (χ4v) is 2.92. The summed E-state index contributed by atoms with van der Waals surface area (Å²) >= 11 is 0. The van der Waals surface area contributed by atoms with Crippen molar-refractivity contribution in [3.8, 4) is 0 Å². The van der Waals surface area contributed by atoms with E-state index in [0.717, 1.165) is 31.5 Å². The summed E-state index contributed by atoms with van der Waals surface area (Å²) in [6.07, 6.45) is 6.27. The highest BCUT2D eigenvalue weighted by Gasteiger charge is 2.33. The molecule has 2 N–H and O–H groups in total. The van der Waals surface area contributed by atoms with Crippen LogP contribution in [-0.4, -0.2) is 33.2 Å². The van der Waals surface area contributed by atoms with E-state index in [2.05, 4.69) is 25.9 Å². The largest absolute Gasteiger partial charge is 0.334 e. The zero-order chi connectivity index (χ0) is 14.7. The molecular weight excluding hydrogens is 252 g/mol. The fraction of sp³-hybridized carbons (Fsp3) is 0.733. The number of nitrogens with zero attached hydrogens (tertiary/aromatic N) is 3. The molecule has 1 aromatic rings. The molecule has 2 unspecified atom stereocenters. The third kappa shape index (κ3) is 3.20. The standard InChI is InChI=1S/C15H26N4O/c1-4-18-10-12(8-17-18)15-13(16)6-5-7-14(20)19(15)9-11(2)3/h8,10-11,13,15H,4-7,9,16H2,1-3H3. The average molecular weight is 278 g/mol. The molecule has 1 aromatic heterocycles. The van der Waals surface area contributed by atoms with Gasteiger partial charge in [0.2, 0.25) is 5.91 Å². The Labute approximate surface area is 121 Å². The van der Waals surface area contributed by atoms with Gasteiger partial charge in [-0.25, -0.2) is 0 Å². The zero-order valence-electron chi connectivity index (χ0n) is 12.7. The molecule has 0 aromatic carbocycles. The average Bonchev–Trinajstić information content (AvgIpc) is 2.81. The van der Waals surface area contributed by atoms with E-state index in [0.29, 0.717) is 12.3 Å². The second-order valence-electron chi connectivity index (χ2n) is 6.07. The predicted molar refractivity (Wildman–Crippen MR) is 79.0 cm³/mol. The van der Waals surface area contributed by atoms with E-state index >= 15 is 0 Å². The number of hydrogen-bond donors (Lipinski definition) is 1. The fourth-order valence-electron chi connectivity index (χ4n) is 2.92. The number of aromatic nitrogens is 2. The van der Waals surface area contributed by atoms with Crippen molar-refractivity contribution in [2.75, 3.05) is 6.54 Å². The lowest BCUT2D eigenvalue weighted by atomic mass is 9.98. The van der Waals surface area contributed by atoms with Gasteiger partial charge in [0.25, 0.3) is 0 Å². The first-order chi connectivity index (χ1) is 9.52. The summed E-state index contributed by atoms with van der Waals surface area (Å²) in [5.74, 6) is 0.661. The van der Waals surface area contributed by atoms with E-state index < -0.39 is 0 Å². The number of amides is 1. The van der Waals surface area contributed by atoms with E-state index in [9.17, 15) is 4.79 Å². The monoisotopic (exact) mass is 278 g/mol. The van der Waals surface area contributed by atoms with Gasteiger partial charge in [0, 0.05) is 37.3 Å². The Morgan fingerprint density at radius 2 is 2.25 bits per heavy atom. The van der Waals surface area contributed by atoms with Gasteiger partial charge in [0.05, 0.1) is 12.2 Å². The topological polar surface area (TPSA) is 64.2 Å². The summed E-state index contributed by atoms with van der Waals surface area (Å²) in [6, 6.07) is -0.0394. The van der Waals surface area contributed by atoms with Crippen LogP contribution in [0.3, 0.4) is 0 Å². The lowest BCUT2D eigenvalue weighted by Gasteiger charge is -2.34. The van der Waals surface area contributed by atoms with Crippen LogP contribution < -0.4 is 5.73 Å². The third-order valence-corrected chi connectivity index (χ3v) is 3.87. The highest BCUT2D eigenvalue weighted by Crippen LogP contribution is 2.30. The van der Waals surface area contributed by atoms with Crippen molar-refractivity contribution >= 4 is 5.91 Å². The molecule has 0 spiro atoms. The van der Waals surface area contributed by atoms with E-state index in [1.54, 1.807) is 0 Å². The van der Waals surface area contributed by atoms with Crippen LogP contribution in [-0.2, 0) is 11.3 Å². The summed E-state index contributed by atoms with van der Waals surface area (Å²) in [5.41, 5.74) is 7.42. The van der Waals surface area contributed by atoms with Crippen LogP contribution >= 0.6 is 0 Å². The SMILES string of the molecule is CCn1cc(C2C(N)CCCC(=O)N2CC(C)C)cn1. The van der Waals surface area contributed by atoms with Gasteiger partial charge in [0.1, 0.15) is 0 Å². The Hall–Kier alpha value is -1.36. The Kier molecular flexibility index (Phi) is 4.81. The van der Waals surface area contributed by atoms with Gasteiger partial charge in [-0.3, -0.25) is 9.48 Å². The van der Waals surface area contributed by atoms with Gasteiger partial charge in [0.15, 0.2) is 0 Å². The second kappa shape index (κ2) is 6.39. The minimum absolute atomic E-state index is 0.00490. The minimum atomic E-state index is -0.0345. The molecule has 2 rings (SSSR count). The molecule has 20 heavy (non-hydrogen) atoms. The molecule has 0 aliphatic carbocycles. The van der Waals surface area contributed by atoms with Crippen LogP contribution in [0.25, 0.3) is 0 Å². The van der Waals surface area contributed by atoms with Crippen LogP contribution in [0.5, 0.6) is 0 Å². The molecule has 0 saturated carbocycles. The molecule has 0 radical (unpaired) electrons. The Balaban J connectivity index is 2.32. The maximum Gasteiger partial charge on any atom is 0.223 e. The van der Waals surface area contributed by atoms with Crippen LogP contribution in [0, 0.1) is 5.92 Å². The maximum atomic E-state index is 12.4. The van der Waals surface area contributed by atoms with E-state index in [4.69, 9.17) is 5.73 Å². The molecule has 2 atom stereocenters. The smallest absolute Gasteiger partial charge is 0.223 e. The Morgan fingerprint density at radius 1 is 1.50 bits per heavy atom. The summed E-state index contributed by atoms with van der Waals surface area (Å²) < 4.78 is 1.89. The molecule has 5 nitrogen and oxygen atoms in total. The van der Waals surface area contributed by atoms with E-state index in [1.165, 1.54) is 0 Å². The van der Waals surface area contributed by atoms with Crippen molar-refractivity contribution in [1.29, 1.82) is 0 Å². The first-order valence-corrected chi connectivity index (χ1v) is 7.60. The van der Waals surface area contributed by atoms with Crippen LogP contribution in [0.2, 0.25) is 0 Å². The summed E-state index contributed by atoms with van der Waals surface area (Å²) in [4.78, 5) is 14.4. The number of carbonyl (C=O) groups is 1.